The van der Waals surface area contributed by atoms with Gasteiger partial charge in [0.2, 0.25) is 0 Å². The van der Waals surface area contributed by atoms with Gasteiger partial charge in [-0.2, -0.15) is 0 Å². The summed E-state index contributed by atoms with van der Waals surface area (Å²) in [5, 5.41) is 3.18. The normalized spacial score (nSPS) is 10.5. The largest absolute Gasteiger partial charge is 0.349 e. The van der Waals surface area contributed by atoms with E-state index >= 15 is 0 Å². The van der Waals surface area contributed by atoms with Gasteiger partial charge in [-0.3, -0.25) is 4.79 Å². The predicted octanol–water partition coefficient (Wildman–Crippen LogP) is 0.985. The fourth-order valence-electron chi connectivity index (χ4n) is 1.23. The van der Waals surface area contributed by atoms with Crippen molar-refractivity contribution in [3.8, 4) is 0 Å². The molecule has 3 N–H and O–H groups in total. The van der Waals surface area contributed by atoms with Crippen molar-refractivity contribution < 1.29 is 4.79 Å². The number of nitrogens with one attached hydrogen (secondary N) is 1. The van der Waals surface area contributed by atoms with Gasteiger partial charge in [0.15, 0.2) is 5.01 Å². The van der Waals surface area contributed by atoms with Gasteiger partial charge in [-0.1, -0.05) is 12.1 Å². The molecule has 2 aromatic rings. The first-order valence-corrected chi connectivity index (χ1v) is 5.47. The number of aromatic nitrogens is 1. The summed E-state index contributed by atoms with van der Waals surface area (Å²) < 4.78 is 1.02. The Morgan fingerprint density at radius 1 is 1.47 bits per heavy atom. The summed E-state index contributed by atoms with van der Waals surface area (Å²) in [6, 6.07) is 7.68. The van der Waals surface area contributed by atoms with Gasteiger partial charge in [-0.15, -0.1) is 11.3 Å². The molecule has 2 rings (SSSR count). The predicted molar refractivity (Wildman–Crippen MR) is 61.0 cm³/mol. The Balaban J connectivity index is 2.25. The van der Waals surface area contributed by atoms with E-state index in [2.05, 4.69) is 10.3 Å². The summed E-state index contributed by atoms with van der Waals surface area (Å²) in [6.45, 7) is 0.922. The second-order valence-corrected chi connectivity index (χ2v) is 4.06. The molecule has 0 saturated heterocycles. The van der Waals surface area contributed by atoms with Gasteiger partial charge in [-0.05, 0) is 12.1 Å². The molecule has 15 heavy (non-hydrogen) atoms. The minimum absolute atomic E-state index is 0.151. The Hall–Kier alpha value is -1.46. The highest BCUT2D eigenvalue weighted by Gasteiger charge is 2.10. The summed E-state index contributed by atoms with van der Waals surface area (Å²) in [4.78, 5) is 15.8. The maximum absolute atomic E-state index is 11.6. The topological polar surface area (TPSA) is 68.0 Å². The third kappa shape index (κ3) is 2.14. The Morgan fingerprint density at radius 2 is 2.27 bits per heavy atom. The molecular formula is C10H11N3OS. The number of carbonyl (C=O) groups is 1. The fourth-order valence-corrected chi connectivity index (χ4v) is 2.11. The summed E-state index contributed by atoms with van der Waals surface area (Å²) >= 11 is 1.39. The zero-order valence-corrected chi connectivity index (χ0v) is 8.88. The maximum Gasteiger partial charge on any atom is 0.280 e. The number of rotatable bonds is 3. The first kappa shape index (κ1) is 10.1. The van der Waals surface area contributed by atoms with Crippen molar-refractivity contribution in [2.24, 2.45) is 5.73 Å². The van der Waals surface area contributed by atoms with Gasteiger partial charge in [0, 0.05) is 13.1 Å². The number of amides is 1. The Kier molecular flexibility index (Phi) is 2.94. The van der Waals surface area contributed by atoms with Gasteiger partial charge in [0.25, 0.3) is 5.91 Å². The molecule has 0 fully saturated rings. The molecule has 4 nitrogen and oxygen atoms in total. The summed E-state index contributed by atoms with van der Waals surface area (Å²) in [5.41, 5.74) is 6.16. The van der Waals surface area contributed by atoms with Crippen LogP contribution < -0.4 is 11.1 Å². The molecule has 1 aromatic heterocycles. The number of para-hydroxylation sites is 1. The summed E-state index contributed by atoms with van der Waals surface area (Å²) in [5.74, 6) is -0.151. The molecule has 5 heteroatoms. The highest BCUT2D eigenvalue weighted by molar-refractivity contribution is 7.20. The van der Waals surface area contributed by atoms with E-state index in [1.807, 2.05) is 24.3 Å². The average molecular weight is 221 g/mol. The smallest absolute Gasteiger partial charge is 0.280 e. The number of fused-ring (bicyclic) bond motifs is 1. The van der Waals surface area contributed by atoms with Crippen molar-refractivity contribution >= 4 is 27.5 Å². The molecule has 0 bridgehead atoms. The van der Waals surface area contributed by atoms with Crippen LogP contribution in [-0.4, -0.2) is 24.0 Å². The molecule has 0 saturated carbocycles. The molecule has 1 amide bonds. The molecule has 0 aliphatic rings. The monoisotopic (exact) mass is 221 g/mol. The molecule has 0 aliphatic heterocycles. The van der Waals surface area contributed by atoms with Crippen LogP contribution in [0.3, 0.4) is 0 Å². The minimum Gasteiger partial charge on any atom is -0.349 e. The third-order valence-corrected chi connectivity index (χ3v) is 2.95. The van der Waals surface area contributed by atoms with E-state index in [1.165, 1.54) is 11.3 Å². The second kappa shape index (κ2) is 4.37. The zero-order chi connectivity index (χ0) is 10.7. The lowest BCUT2D eigenvalue weighted by Gasteiger charge is -1.97. The molecule has 0 aliphatic carbocycles. The number of nitrogens with zero attached hydrogens (tertiary/aromatic N) is 1. The lowest BCUT2D eigenvalue weighted by molar-refractivity contribution is 0.0954. The molecule has 0 unspecified atom stereocenters. The number of hydrogen-bond donors (Lipinski definition) is 2. The van der Waals surface area contributed by atoms with Crippen molar-refractivity contribution in [1.29, 1.82) is 0 Å². The fraction of sp³-hybridized carbons (Fsp3) is 0.200. The van der Waals surface area contributed by atoms with Gasteiger partial charge in [0.1, 0.15) is 0 Å². The lowest BCUT2D eigenvalue weighted by Crippen LogP contribution is -2.28. The second-order valence-electron chi connectivity index (χ2n) is 3.03. The highest BCUT2D eigenvalue weighted by atomic mass is 32.1. The molecule has 0 atom stereocenters. The molecular weight excluding hydrogens is 210 g/mol. The highest BCUT2D eigenvalue weighted by Crippen LogP contribution is 2.21. The molecule has 0 spiro atoms. The van der Waals surface area contributed by atoms with Gasteiger partial charge < -0.3 is 11.1 Å². The quantitative estimate of drug-likeness (QED) is 0.812. The van der Waals surface area contributed by atoms with Gasteiger partial charge >= 0.3 is 0 Å². The van der Waals surface area contributed by atoms with Crippen LogP contribution in [0.25, 0.3) is 10.2 Å². The van der Waals surface area contributed by atoms with E-state index in [1.54, 1.807) is 0 Å². The first-order valence-electron chi connectivity index (χ1n) is 4.65. The van der Waals surface area contributed by atoms with Crippen LogP contribution in [0.15, 0.2) is 24.3 Å². The van der Waals surface area contributed by atoms with Crippen LogP contribution >= 0.6 is 11.3 Å². The number of nitrogens with two attached hydrogens (primary N) is 1. The van der Waals surface area contributed by atoms with Crippen molar-refractivity contribution in [3.63, 3.8) is 0 Å². The number of thiazole rings is 1. The van der Waals surface area contributed by atoms with Crippen molar-refractivity contribution in [1.82, 2.24) is 10.3 Å². The van der Waals surface area contributed by atoms with Crippen molar-refractivity contribution in [3.05, 3.63) is 29.3 Å². The Bertz CT molecular complexity index is 447. The van der Waals surface area contributed by atoms with E-state index in [-0.39, 0.29) is 5.91 Å². The van der Waals surface area contributed by atoms with Gasteiger partial charge in [0.05, 0.1) is 10.2 Å². The van der Waals surface area contributed by atoms with Crippen LogP contribution in [0.2, 0.25) is 0 Å². The Morgan fingerprint density at radius 3 is 3.00 bits per heavy atom. The Labute approximate surface area is 91.1 Å². The van der Waals surface area contributed by atoms with Crippen LogP contribution in [-0.2, 0) is 0 Å². The van der Waals surface area contributed by atoms with Gasteiger partial charge in [-0.25, -0.2) is 4.98 Å². The average Bonchev–Trinajstić information content (AvgIpc) is 2.69. The van der Waals surface area contributed by atoms with Crippen LogP contribution in [0.5, 0.6) is 0 Å². The number of benzene rings is 1. The van der Waals surface area contributed by atoms with Crippen LogP contribution in [0.4, 0.5) is 0 Å². The standard InChI is InChI=1S/C10H11N3OS/c11-5-6-12-9(14)10-13-7-3-1-2-4-8(7)15-10/h1-4H,5-6,11H2,(H,12,14). The molecule has 1 heterocycles. The third-order valence-electron chi connectivity index (χ3n) is 1.92. The van der Waals surface area contributed by atoms with Crippen molar-refractivity contribution in [2.45, 2.75) is 0 Å². The van der Waals surface area contributed by atoms with Crippen molar-refractivity contribution in [2.75, 3.05) is 13.1 Å². The lowest BCUT2D eigenvalue weighted by atomic mass is 10.3. The molecule has 1 aromatic carbocycles. The van der Waals surface area contributed by atoms with E-state index in [0.29, 0.717) is 18.1 Å². The van der Waals surface area contributed by atoms with Crippen LogP contribution in [0.1, 0.15) is 9.80 Å². The number of hydrogen-bond acceptors (Lipinski definition) is 4. The molecule has 0 radical (unpaired) electrons. The number of carbonyl (C=O) groups excluding carboxylic acids is 1. The maximum atomic E-state index is 11.6. The van der Waals surface area contributed by atoms with E-state index in [4.69, 9.17) is 5.73 Å². The van der Waals surface area contributed by atoms with E-state index in [0.717, 1.165) is 10.2 Å². The van der Waals surface area contributed by atoms with Crippen LogP contribution in [0, 0.1) is 0 Å². The first-order chi connectivity index (χ1) is 7.31. The summed E-state index contributed by atoms with van der Waals surface area (Å²) in [7, 11) is 0. The minimum atomic E-state index is -0.151. The zero-order valence-electron chi connectivity index (χ0n) is 8.06. The van der Waals surface area contributed by atoms with E-state index in [9.17, 15) is 4.79 Å². The van der Waals surface area contributed by atoms with E-state index < -0.39 is 0 Å². The molecule has 78 valence electrons. The SMILES string of the molecule is NCCNC(=O)c1nc2ccccc2s1. The summed E-state index contributed by atoms with van der Waals surface area (Å²) in [6.07, 6.45) is 0.